The standard InChI is InChI=1S/C10H12NO4/c1-6(12)15-9-4-3-7(10(13)14)5-8(9)11-2/h3-5,10,13-14H,1-2H3/q-1. The van der Waals surface area contributed by atoms with Gasteiger partial charge in [0.25, 0.3) is 0 Å². The van der Waals surface area contributed by atoms with Crippen LogP contribution in [0, 0.1) is 0 Å². The van der Waals surface area contributed by atoms with Crippen molar-refractivity contribution in [2.45, 2.75) is 13.2 Å². The molecule has 5 nitrogen and oxygen atoms in total. The van der Waals surface area contributed by atoms with Gasteiger partial charge >= 0.3 is 5.97 Å². The molecule has 2 N–H and O–H groups in total. The summed E-state index contributed by atoms with van der Waals surface area (Å²) in [6, 6.07) is 4.37. The number of aliphatic hydroxyl groups excluding tert-OH is 1. The van der Waals surface area contributed by atoms with Crippen LogP contribution in [-0.4, -0.2) is 23.2 Å². The van der Waals surface area contributed by atoms with Gasteiger partial charge in [-0.3, -0.25) is 4.79 Å². The van der Waals surface area contributed by atoms with Crippen LogP contribution in [0.4, 0.5) is 5.69 Å². The van der Waals surface area contributed by atoms with E-state index >= 15 is 0 Å². The zero-order valence-electron chi connectivity index (χ0n) is 8.47. The van der Waals surface area contributed by atoms with Crippen molar-refractivity contribution in [3.8, 4) is 5.75 Å². The molecule has 0 spiro atoms. The van der Waals surface area contributed by atoms with Crippen LogP contribution in [0.15, 0.2) is 18.2 Å². The Balaban J connectivity index is 3.03. The second-order valence-electron chi connectivity index (χ2n) is 2.92. The molecule has 0 saturated heterocycles. The first-order valence-corrected chi connectivity index (χ1v) is 4.33. The fraction of sp³-hybridized carbons (Fsp3) is 0.300. The Morgan fingerprint density at radius 2 is 2.13 bits per heavy atom. The number of carbonyl (C=O) groups excluding carboxylic acids is 1. The van der Waals surface area contributed by atoms with E-state index in [1.807, 2.05) is 0 Å². The fourth-order valence-electron chi connectivity index (χ4n) is 1.11. The zero-order valence-corrected chi connectivity index (χ0v) is 8.47. The minimum absolute atomic E-state index is 0.298. The van der Waals surface area contributed by atoms with E-state index in [0.717, 1.165) is 0 Å². The molecular weight excluding hydrogens is 198 g/mol. The van der Waals surface area contributed by atoms with Gasteiger partial charge in [0.2, 0.25) is 0 Å². The van der Waals surface area contributed by atoms with E-state index < -0.39 is 12.3 Å². The van der Waals surface area contributed by atoms with E-state index in [9.17, 15) is 4.79 Å². The van der Waals surface area contributed by atoms with Gasteiger partial charge in [-0.2, -0.15) is 0 Å². The molecule has 0 atom stereocenters. The van der Waals surface area contributed by atoms with Crippen molar-refractivity contribution in [2.75, 3.05) is 7.05 Å². The molecule has 0 aromatic heterocycles. The lowest BCUT2D eigenvalue weighted by Gasteiger charge is -2.20. The summed E-state index contributed by atoms with van der Waals surface area (Å²) in [5, 5.41) is 21.7. The quantitative estimate of drug-likeness (QED) is 0.446. The third-order valence-electron chi connectivity index (χ3n) is 1.78. The molecule has 0 unspecified atom stereocenters. The third kappa shape index (κ3) is 2.93. The Hall–Kier alpha value is -1.59. The van der Waals surface area contributed by atoms with E-state index in [-0.39, 0.29) is 0 Å². The number of hydrogen-bond donors (Lipinski definition) is 2. The van der Waals surface area contributed by atoms with Crippen LogP contribution in [0.2, 0.25) is 0 Å². The highest BCUT2D eigenvalue weighted by Gasteiger charge is 2.05. The summed E-state index contributed by atoms with van der Waals surface area (Å²) in [5.74, 6) is -0.147. The predicted molar refractivity (Wildman–Crippen MR) is 53.9 cm³/mol. The van der Waals surface area contributed by atoms with Gasteiger partial charge < -0.3 is 20.3 Å². The predicted octanol–water partition coefficient (Wildman–Crippen LogP) is 1.23. The summed E-state index contributed by atoms with van der Waals surface area (Å²) in [5.41, 5.74) is 0.697. The van der Waals surface area contributed by atoms with Gasteiger partial charge in [-0.25, -0.2) is 0 Å². The molecule has 0 aliphatic heterocycles. The summed E-state index contributed by atoms with van der Waals surface area (Å²) in [4.78, 5) is 10.7. The largest absolute Gasteiger partial charge is 0.684 e. The summed E-state index contributed by atoms with van der Waals surface area (Å²) < 4.78 is 4.88. The molecule has 0 heterocycles. The SMILES string of the molecule is C[N-]c1cc(C(O)O)ccc1OC(C)=O. The molecule has 1 rings (SSSR count). The summed E-state index contributed by atoms with van der Waals surface area (Å²) >= 11 is 0. The maximum atomic E-state index is 10.7. The number of ether oxygens (including phenoxy) is 1. The Kier molecular flexibility index (Phi) is 3.65. The van der Waals surface area contributed by atoms with Crippen LogP contribution >= 0.6 is 0 Å². The van der Waals surface area contributed by atoms with Crippen LogP contribution < -0.4 is 4.74 Å². The second kappa shape index (κ2) is 4.77. The first-order valence-electron chi connectivity index (χ1n) is 4.33. The van der Waals surface area contributed by atoms with Crippen molar-refractivity contribution < 1.29 is 19.7 Å². The number of rotatable bonds is 3. The monoisotopic (exact) mass is 210 g/mol. The first kappa shape index (κ1) is 11.5. The molecule has 0 radical (unpaired) electrons. The summed E-state index contributed by atoms with van der Waals surface area (Å²) in [7, 11) is 1.52. The van der Waals surface area contributed by atoms with E-state index in [0.29, 0.717) is 17.0 Å². The van der Waals surface area contributed by atoms with E-state index in [1.54, 1.807) is 0 Å². The zero-order chi connectivity index (χ0) is 11.4. The van der Waals surface area contributed by atoms with Gasteiger partial charge in [-0.15, -0.1) is 7.05 Å². The molecule has 1 aromatic carbocycles. The Morgan fingerprint density at radius 3 is 2.60 bits per heavy atom. The van der Waals surface area contributed by atoms with Gasteiger partial charge in [-0.05, 0) is 6.07 Å². The Bertz CT molecular complexity index is 362. The Labute approximate surface area is 87.3 Å². The number of carbonyl (C=O) groups is 1. The lowest BCUT2D eigenvalue weighted by atomic mass is 10.2. The van der Waals surface area contributed by atoms with Crippen molar-refractivity contribution in [1.29, 1.82) is 0 Å². The lowest BCUT2D eigenvalue weighted by molar-refractivity contribution is -0.131. The highest BCUT2D eigenvalue weighted by atomic mass is 16.5. The molecule has 82 valence electrons. The molecule has 0 fully saturated rings. The van der Waals surface area contributed by atoms with Crippen molar-refractivity contribution in [2.24, 2.45) is 0 Å². The molecule has 0 aliphatic carbocycles. The van der Waals surface area contributed by atoms with Gasteiger partial charge in [-0.1, -0.05) is 17.8 Å². The van der Waals surface area contributed by atoms with Crippen LogP contribution in [0.3, 0.4) is 0 Å². The van der Waals surface area contributed by atoms with Gasteiger partial charge in [0, 0.05) is 12.5 Å². The normalized spacial score (nSPS) is 10.2. The van der Waals surface area contributed by atoms with Gasteiger partial charge in [0.15, 0.2) is 6.29 Å². The van der Waals surface area contributed by atoms with E-state index in [2.05, 4.69) is 5.32 Å². The van der Waals surface area contributed by atoms with Crippen LogP contribution in [0.25, 0.3) is 5.32 Å². The summed E-state index contributed by atoms with van der Waals surface area (Å²) in [6.07, 6.45) is -1.56. The van der Waals surface area contributed by atoms with Crippen molar-refractivity contribution in [3.05, 3.63) is 29.1 Å². The fourth-order valence-corrected chi connectivity index (χ4v) is 1.11. The highest BCUT2D eigenvalue weighted by molar-refractivity contribution is 5.73. The van der Waals surface area contributed by atoms with Crippen molar-refractivity contribution >= 4 is 11.7 Å². The Morgan fingerprint density at radius 1 is 1.47 bits per heavy atom. The van der Waals surface area contributed by atoms with Crippen molar-refractivity contribution in [3.63, 3.8) is 0 Å². The van der Waals surface area contributed by atoms with E-state index in [4.69, 9.17) is 14.9 Å². The summed E-state index contributed by atoms with van der Waals surface area (Å²) in [6.45, 7) is 1.29. The van der Waals surface area contributed by atoms with E-state index in [1.165, 1.54) is 32.2 Å². The number of benzene rings is 1. The van der Waals surface area contributed by atoms with Crippen LogP contribution in [0.1, 0.15) is 18.8 Å². The average molecular weight is 210 g/mol. The minimum Gasteiger partial charge on any atom is -0.684 e. The maximum absolute atomic E-state index is 10.7. The third-order valence-corrected chi connectivity index (χ3v) is 1.78. The molecule has 5 heteroatoms. The molecule has 0 aliphatic rings. The van der Waals surface area contributed by atoms with Gasteiger partial charge in [0.05, 0.1) is 0 Å². The second-order valence-corrected chi connectivity index (χ2v) is 2.92. The first-order chi connectivity index (χ1) is 7.04. The van der Waals surface area contributed by atoms with Crippen LogP contribution in [0.5, 0.6) is 5.75 Å². The highest BCUT2D eigenvalue weighted by Crippen LogP contribution is 2.32. The molecular formula is C10H12NO4-. The maximum Gasteiger partial charge on any atom is 0.307 e. The molecule has 15 heavy (non-hydrogen) atoms. The number of esters is 1. The molecule has 0 bridgehead atoms. The number of aliphatic hydroxyl groups is 2. The van der Waals surface area contributed by atoms with Crippen molar-refractivity contribution in [1.82, 2.24) is 0 Å². The molecule has 0 amide bonds. The molecule has 0 saturated carbocycles. The minimum atomic E-state index is -1.56. The number of nitrogens with zero attached hydrogens (tertiary/aromatic N) is 1. The van der Waals surface area contributed by atoms with Crippen LogP contribution in [-0.2, 0) is 4.79 Å². The average Bonchev–Trinajstić information content (AvgIpc) is 2.17. The number of hydrogen-bond acceptors (Lipinski definition) is 4. The lowest BCUT2D eigenvalue weighted by Crippen LogP contribution is -2.02. The van der Waals surface area contributed by atoms with Gasteiger partial charge in [0.1, 0.15) is 5.75 Å². The molecule has 1 aromatic rings. The smallest absolute Gasteiger partial charge is 0.307 e. The topological polar surface area (TPSA) is 80.9 Å².